The molecule has 1 fully saturated rings. The van der Waals surface area contributed by atoms with Crippen LogP contribution in [-0.4, -0.2) is 103 Å². The van der Waals surface area contributed by atoms with Gasteiger partial charge in [0.15, 0.2) is 5.41 Å². The molecule has 4 aromatic carbocycles. The van der Waals surface area contributed by atoms with Crippen LogP contribution < -0.4 is 39.2 Å². The number of benzene rings is 4. The number of aliphatic imine (C=N–C) groups is 2. The van der Waals surface area contributed by atoms with Gasteiger partial charge in [-0.2, -0.15) is 0 Å². The third-order valence-corrected chi connectivity index (χ3v) is 14.0. The molecule has 0 atom stereocenters. The van der Waals surface area contributed by atoms with E-state index in [1.807, 2.05) is 30.3 Å². The van der Waals surface area contributed by atoms with Gasteiger partial charge in [-0.1, -0.05) is 24.3 Å². The highest BCUT2D eigenvalue weighted by Gasteiger charge is 2.58. The number of aliphatic carboxylic acids is 2. The van der Waals surface area contributed by atoms with Crippen molar-refractivity contribution in [2.75, 3.05) is 63.4 Å². The zero-order valence-electron chi connectivity index (χ0n) is 41.7. The number of nitrogens with zero attached hydrogens (tertiary/aromatic N) is 6. The minimum Gasteiger partial charge on any atom is -0.657 e. The number of hydrogen-bond acceptors (Lipinski definition) is 5. The quantitative estimate of drug-likeness (QED) is 0.102. The molecular formula is C59H60N7O5+3. The van der Waals surface area contributed by atoms with Crippen LogP contribution in [0.3, 0.4) is 0 Å². The molecule has 71 heavy (non-hydrogen) atoms. The number of carboxylic acids is 2. The first kappa shape index (κ1) is 47.0. The maximum Gasteiger partial charge on any atom is 0.321 e. The summed E-state index contributed by atoms with van der Waals surface area (Å²) in [4.78, 5) is 40.2. The van der Waals surface area contributed by atoms with Gasteiger partial charge in [0, 0.05) is 36.1 Å². The van der Waals surface area contributed by atoms with Crippen LogP contribution in [0, 0.1) is 5.41 Å². The van der Waals surface area contributed by atoms with Crippen LogP contribution in [0.5, 0.6) is 5.75 Å². The molecule has 4 aliphatic heterocycles. The average Bonchev–Trinajstić information content (AvgIpc) is 4.16. The maximum absolute atomic E-state index is 11.9. The summed E-state index contributed by atoms with van der Waals surface area (Å²) in [5.74, 6) is -2.18. The molecule has 12 heteroatoms. The normalized spacial score (nSPS) is 17.8. The molecule has 4 N–H and O–H groups in total. The van der Waals surface area contributed by atoms with Crippen molar-refractivity contribution in [2.24, 2.45) is 15.4 Å². The second kappa shape index (κ2) is 17.3. The number of aromatic nitrogens is 1. The van der Waals surface area contributed by atoms with E-state index in [0.717, 1.165) is 95.1 Å². The predicted molar refractivity (Wildman–Crippen MR) is 285 cm³/mol. The van der Waals surface area contributed by atoms with Crippen LogP contribution in [0.4, 0.5) is 17.1 Å². The van der Waals surface area contributed by atoms with Crippen molar-refractivity contribution in [1.29, 1.82) is 0 Å². The monoisotopic (exact) mass is 946 g/mol. The number of hydrogen-bond donors (Lipinski definition) is 3. The number of fused-ring (bicyclic) bond motifs is 6. The summed E-state index contributed by atoms with van der Waals surface area (Å²) in [7, 11) is 19.5. The largest absolute Gasteiger partial charge is 0.657 e. The first-order valence-electron chi connectivity index (χ1n) is 23.9. The van der Waals surface area contributed by atoms with Crippen LogP contribution in [0.1, 0.15) is 35.1 Å². The highest BCUT2D eigenvalue weighted by Crippen LogP contribution is 2.44. The van der Waals surface area contributed by atoms with Gasteiger partial charge >= 0.3 is 11.9 Å². The van der Waals surface area contributed by atoms with E-state index in [4.69, 9.17) is 19.7 Å². The summed E-state index contributed by atoms with van der Waals surface area (Å²) in [6.07, 6.45) is 11.9. The standard InChI is InChI=1S/C59H57N7O5/c1-64(2,3)40-18-10-36(11-19-40)53-45-26-28-47(60-45)54(37-12-20-41(21-13-37)65(4,5)6)49-30-32-51(62-49)56(39-16-24-43(25-17-39)71-44-34-59(35-44,57(67)68)58(69)70)52-33-31-50(63-52)55(48-29-27-46(53)61-48)38-14-22-42(23-15-38)66(7,8)9/h10-33,44H,34-35H2,1-9H3,(H-3,60,61,62,63,67,68,69,70)/p+3. The van der Waals surface area contributed by atoms with Gasteiger partial charge in [0.05, 0.1) is 91.8 Å². The van der Waals surface area contributed by atoms with Crippen molar-refractivity contribution in [1.82, 2.24) is 18.4 Å². The summed E-state index contributed by atoms with van der Waals surface area (Å²) >= 11 is 0. The van der Waals surface area contributed by atoms with E-state index in [1.165, 1.54) is 11.4 Å². The Morgan fingerprint density at radius 1 is 0.521 bits per heavy atom. The lowest BCUT2D eigenvalue weighted by Crippen LogP contribution is -2.79. The molecule has 1 saturated carbocycles. The maximum atomic E-state index is 11.9. The minimum atomic E-state index is -1.83. The van der Waals surface area contributed by atoms with Gasteiger partial charge in [-0.05, 0) is 137 Å². The minimum absolute atomic E-state index is 0.112. The van der Waals surface area contributed by atoms with Gasteiger partial charge in [0.25, 0.3) is 0 Å². The lowest BCUT2D eigenvalue weighted by atomic mass is 9.66. The molecule has 1 aromatic heterocycles. The zero-order chi connectivity index (χ0) is 50.2. The fraction of sp³-hybridized carbons (Fsp3) is 0.220. The molecule has 0 saturated heterocycles. The number of quaternary nitrogens is 4. The van der Waals surface area contributed by atoms with Crippen LogP contribution in [0.2, 0.25) is 0 Å². The summed E-state index contributed by atoms with van der Waals surface area (Å²) in [5.41, 5.74) is 14.4. The number of nitrogens with two attached hydrogens (primary N) is 1. The van der Waals surface area contributed by atoms with Crippen molar-refractivity contribution < 1.29 is 29.9 Å². The van der Waals surface area contributed by atoms with E-state index in [9.17, 15) is 19.8 Å². The Bertz CT molecular complexity index is 3410. The molecule has 10 rings (SSSR count). The molecule has 0 spiro atoms. The number of allylic oxidation sites excluding steroid dienone is 9. The van der Waals surface area contributed by atoms with Gasteiger partial charge in [0.1, 0.15) is 40.3 Å². The Morgan fingerprint density at radius 2 is 0.901 bits per heavy atom. The topological polar surface area (TPSA) is 139 Å². The lowest BCUT2D eigenvalue weighted by molar-refractivity contribution is -0.537. The first-order valence-corrected chi connectivity index (χ1v) is 23.9. The van der Waals surface area contributed by atoms with Crippen LogP contribution in [-0.2, 0) is 9.59 Å². The highest BCUT2D eigenvalue weighted by atomic mass is 16.5. The van der Waals surface area contributed by atoms with E-state index < -0.39 is 23.5 Å². The smallest absolute Gasteiger partial charge is 0.321 e. The molecule has 8 bridgehead atoms. The first-order chi connectivity index (χ1) is 33.7. The fourth-order valence-corrected chi connectivity index (χ4v) is 9.82. The van der Waals surface area contributed by atoms with Gasteiger partial charge in [0.2, 0.25) is 0 Å². The number of ether oxygens (including phenoxy) is 1. The Hall–Kier alpha value is -7.74. The number of carbonyl (C=O) groups is 2. The van der Waals surface area contributed by atoms with Crippen molar-refractivity contribution >= 4 is 62.7 Å². The lowest BCUT2D eigenvalue weighted by Gasteiger charge is -2.40. The van der Waals surface area contributed by atoms with Crippen LogP contribution >= 0.6 is 0 Å². The average molecular weight is 947 g/mol. The number of rotatable bonds is 11. The Balaban J connectivity index is 1.18. The van der Waals surface area contributed by atoms with Crippen molar-refractivity contribution in [3.8, 4) is 5.75 Å². The third-order valence-electron chi connectivity index (χ3n) is 14.0. The molecule has 1 aliphatic carbocycles. The summed E-state index contributed by atoms with van der Waals surface area (Å²) < 4.78 is 8.19. The van der Waals surface area contributed by atoms with Crippen LogP contribution in [0.15, 0.2) is 178 Å². The van der Waals surface area contributed by atoms with Gasteiger partial charge in [-0.25, -0.2) is 9.98 Å². The van der Waals surface area contributed by atoms with Crippen molar-refractivity contribution in [3.63, 3.8) is 0 Å². The second-order valence-corrected chi connectivity index (χ2v) is 21.6. The molecular weight excluding hydrogens is 887 g/mol. The number of carboxylic acid groups (broad SMARTS) is 2. The molecule has 5 aromatic rings. The summed E-state index contributed by atoms with van der Waals surface area (Å²) in [6, 6.07) is 38.0. The van der Waals surface area contributed by atoms with Crippen molar-refractivity contribution in [3.05, 3.63) is 201 Å². The van der Waals surface area contributed by atoms with Gasteiger partial charge < -0.3 is 19.9 Å². The van der Waals surface area contributed by atoms with Crippen molar-refractivity contribution in [2.45, 2.75) is 18.9 Å². The second-order valence-electron chi connectivity index (χ2n) is 21.6. The molecule has 0 amide bonds. The van der Waals surface area contributed by atoms with E-state index in [2.05, 4.69) is 184 Å². The van der Waals surface area contributed by atoms with E-state index in [1.54, 1.807) is 0 Å². The predicted octanol–water partition coefficient (Wildman–Crippen LogP) is 6.53. The summed E-state index contributed by atoms with van der Waals surface area (Å²) in [5, 5.41) is 23.3. The summed E-state index contributed by atoms with van der Waals surface area (Å²) in [6.45, 7) is 0. The van der Waals surface area contributed by atoms with Gasteiger partial charge in [-0.15, -0.1) is 10.7 Å². The Kier molecular flexibility index (Phi) is 11.4. The molecule has 0 radical (unpaired) electrons. The molecule has 5 aliphatic rings. The molecule has 0 unspecified atom stereocenters. The SMILES string of the molecule is C[N+](C)(C)c1ccc(C2=C3C=CC(=N3)C(c3ccc(OC4CC(C(=O)O)(C(=O)O)C4)cc3)=C3C=CC(=N3)C(c3ccc([N+](C)(C)C)cc3)=c3ccc([n-]3)=C(c3ccc([N+](C)(C)C)cc3)C3=CC=C2[NH2+]3)cc1. The zero-order valence-corrected chi connectivity index (χ0v) is 41.7. The van der Waals surface area contributed by atoms with E-state index in [0.29, 0.717) is 19.2 Å². The molecule has 358 valence electrons. The third kappa shape index (κ3) is 8.80. The van der Waals surface area contributed by atoms with E-state index >= 15 is 0 Å². The Labute approximate surface area is 414 Å². The highest BCUT2D eigenvalue weighted by molar-refractivity contribution is 6.35. The van der Waals surface area contributed by atoms with E-state index in [-0.39, 0.29) is 12.8 Å². The van der Waals surface area contributed by atoms with Gasteiger partial charge in [-0.3, -0.25) is 28.4 Å². The molecule has 5 heterocycles. The molecule has 12 nitrogen and oxygen atoms in total. The fourth-order valence-electron chi connectivity index (χ4n) is 9.82. The van der Waals surface area contributed by atoms with Crippen LogP contribution in [0.25, 0.3) is 22.3 Å². The Morgan fingerprint density at radius 3 is 1.37 bits per heavy atom.